The second-order valence-electron chi connectivity index (χ2n) is 7.85. The molecule has 0 fully saturated rings. The Kier molecular flexibility index (Phi) is 11.0. The highest BCUT2D eigenvalue weighted by atomic mass is 16.5. The van der Waals surface area contributed by atoms with Crippen molar-refractivity contribution in [1.82, 2.24) is 0 Å². The highest BCUT2D eigenvalue weighted by Crippen LogP contribution is 2.10. The molecule has 0 radical (unpaired) electrons. The number of carboxylic acids is 1. The summed E-state index contributed by atoms with van der Waals surface area (Å²) in [7, 11) is 5.81. The molecule has 0 aromatic carbocycles. The number of aliphatic carboxylic acids is 1. The van der Waals surface area contributed by atoms with Crippen molar-refractivity contribution in [1.29, 1.82) is 0 Å². The van der Waals surface area contributed by atoms with Crippen LogP contribution in [0.4, 0.5) is 0 Å². The number of ether oxygens (including phenoxy) is 1. The van der Waals surface area contributed by atoms with E-state index < -0.39 is 18.9 Å². The normalized spacial score (nSPS) is 15.3. The van der Waals surface area contributed by atoms with Crippen LogP contribution in [0.5, 0.6) is 0 Å². The monoisotopic (exact) mass is 373 g/mol. The highest BCUT2D eigenvalue weighted by Gasteiger charge is 2.24. The van der Waals surface area contributed by atoms with E-state index in [1.165, 1.54) is 0 Å². The van der Waals surface area contributed by atoms with Crippen molar-refractivity contribution in [3.05, 3.63) is 12.2 Å². The molecule has 0 aromatic rings. The Morgan fingerprint density at radius 1 is 1.04 bits per heavy atom. The van der Waals surface area contributed by atoms with E-state index in [2.05, 4.69) is 12.2 Å². The number of hydrogen-bond donors (Lipinski definition) is 1. The molecule has 5 heteroatoms. The quantitative estimate of drug-likeness (QED) is 0.186. The van der Waals surface area contributed by atoms with Gasteiger partial charge in [-0.15, -0.1) is 0 Å². The Morgan fingerprint density at radius 3 is 2.27 bits per heavy atom. The summed E-state index contributed by atoms with van der Waals surface area (Å²) in [5, 5.41) is 8.97. The number of unbranched alkanes of at least 4 members (excludes halogenated alkanes) is 6. The summed E-state index contributed by atoms with van der Waals surface area (Å²) in [5.74, 6) is -1.30. The first-order valence-electron chi connectivity index (χ1n) is 11.3. The SMILES string of the molecule is [2H]C([2H])([2H])CCCCCCC/C=C\CCCC(=O)O[C@H](CC(=O)O)C[N+](C)(C)C. The van der Waals surface area contributed by atoms with E-state index in [1.54, 1.807) is 0 Å². The van der Waals surface area contributed by atoms with Crippen molar-refractivity contribution in [2.24, 2.45) is 0 Å². The van der Waals surface area contributed by atoms with E-state index in [9.17, 15) is 9.59 Å². The van der Waals surface area contributed by atoms with Gasteiger partial charge >= 0.3 is 11.9 Å². The lowest BCUT2D eigenvalue weighted by Crippen LogP contribution is -2.43. The molecule has 0 amide bonds. The molecule has 0 saturated carbocycles. The van der Waals surface area contributed by atoms with Crippen molar-refractivity contribution in [2.75, 3.05) is 27.7 Å². The largest absolute Gasteiger partial charge is 0.481 e. The molecule has 1 atom stereocenters. The second kappa shape index (κ2) is 14.8. The first kappa shape index (κ1) is 19.4. The van der Waals surface area contributed by atoms with Gasteiger partial charge in [-0.3, -0.25) is 9.59 Å². The van der Waals surface area contributed by atoms with Gasteiger partial charge in [0.15, 0.2) is 6.10 Å². The van der Waals surface area contributed by atoms with Gasteiger partial charge in [0.1, 0.15) is 6.54 Å². The molecule has 1 N–H and O–H groups in total. The number of nitrogens with zero attached hydrogens (tertiary/aromatic N) is 1. The number of carbonyl (C=O) groups is 2. The van der Waals surface area contributed by atoms with Gasteiger partial charge in [0.25, 0.3) is 0 Å². The van der Waals surface area contributed by atoms with Gasteiger partial charge in [0, 0.05) is 10.5 Å². The molecular formula is C21H40NO4+. The van der Waals surface area contributed by atoms with Crippen LogP contribution in [-0.4, -0.2) is 55.3 Å². The number of hydrogen-bond acceptors (Lipinski definition) is 3. The van der Waals surface area contributed by atoms with Gasteiger partial charge in [-0.1, -0.05) is 51.1 Å². The average Bonchev–Trinajstić information content (AvgIpc) is 2.52. The number of quaternary nitrogens is 1. The fraction of sp³-hybridized carbons (Fsp3) is 0.810. The maximum atomic E-state index is 12.0. The van der Waals surface area contributed by atoms with Crippen LogP contribution < -0.4 is 0 Å². The van der Waals surface area contributed by atoms with Gasteiger partial charge in [-0.2, -0.15) is 0 Å². The fourth-order valence-electron chi connectivity index (χ4n) is 2.71. The third-order valence-corrected chi connectivity index (χ3v) is 3.92. The smallest absolute Gasteiger partial charge is 0.307 e. The summed E-state index contributed by atoms with van der Waals surface area (Å²) >= 11 is 0. The molecule has 0 aliphatic carbocycles. The number of esters is 1. The van der Waals surface area contributed by atoms with Crippen LogP contribution in [-0.2, 0) is 14.3 Å². The number of carbonyl (C=O) groups excluding carboxylic acids is 1. The minimum Gasteiger partial charge on any atom is -0.481 e. The molecule has 0 aliphatic heterocycles. The van der Waals surface area contributed by atoms with E-state index >= 15 is 0 Å². The van der Waals surface area contributed by atoms with Crippen LogP contribution in [0.3, 0.4) is 0 Å². The standard InChI is InChI=1S/C21H39NO4/c1-5-6-7-8-9-10-11-12-13-14-15-16-21(25)26-19(17-20(23)24)18-22(2,3)4/h12-13,19H,5-11,14-18H2,1-4H3/p+1/b13-12-/t19-/m1/s1/i1D3. The fourth-order valence-corrected chi connectivity index (χ4v) is 2.71. The summed E-state index contributed by atoms with van der Waals surface area (Å²) in [6, 6.07) is 0. The summed E-state index contributed by atoms with van der Waals surface area (Å²) < 4.78 is 27.3. The van der Waals surface area contributed by atoms with Crippen LogP contribution in [0.2, 0.25) is 0 Å². The Hall–Kier alpha value is -1.36. The van der Waals surface area contributed by atoms with Crippen LogP contribution in [0, 0.1) is 0 Å². The number of allylic oxidation sites excluding steroid dienone is 2. The third kappa shape index (κ3) is 17.5. The summed E-state index contributed by atoms with van der Waals surface area (Å²) in [4.78, 5) is 22.9. The topological polar surface area (TPSA) is 63.6 Å². The number of rotatable bonds is 16. The van der Waals surface area contributed by atoms with Crippen LogP contribution >= 0.6 is 0 Å². The Labute approximate surface area is 164 Å². The second-order valence-corrected chi connectivity index (χ2v) is 7.85. The average molecular weight is 374 g/mol. The zero-order valence-electron chi connectivity index (χ0n) is 19.8. The molecule has 152 valence electrons. The molecule has 0 heterocycles. The van der Waals surface area contributed by atoms with E-state index in [0.717, 1.165) is 44.9 Å². The molecule has 0 rings (SSSR count). The molecule has 5 nitrogen and oxygen atoms in total. The minimum absolute atomic E-state index is 0.169. The van der Waals surface area contributed by atoms with Crippen molar-refractivity contribution >= 4 is 11.9 Å². The van der Waals surface area contributed by atoms with E-state index in [0.29, 0.717) is 30.3 Å². The molecule has 0 aliphatic rings. The Balaban J connectivity index is 3.79. The minimum atomic E-state index is -1.79. The molecule has 0 bridgehead atoms. The molecule has 0 unspecified atom stereocenters. The van der Waals surface area contributed by atoms with Gasteiger partial charge in [-0.05, 0) is 25.7 Å². The van der Waals surface area contributed by atoms with Crippen molar-refractivity contribution in [3.63, 3.8) is 0 Å². The first-order valence-corrected chi connectivity index (χ1v) is 9.76. The van der Waals surface area contributed by atoms with Crippen molar-refractivity contribution < 1.29 is 28.0 Å². The summed E-state index contributed by atoms with van der Waals surface area (Å²) in [6.45, 7) is -1.33. The number of likely N-dealkylation sites (N-methyl/N-ethyl adjacent to an activating group) is 1. The van der Waals surface area contributed by atoms with Gasteiger partial charge in [0.2, 0.25) is 0 Å². The van der Waals surface area contributed by atoms with E-state index in [1.807, 2.05) is 21.1 Å². The van der Waals surface area contributed by atoms with Crippen molar-refractivity contribution in [2.45, 2.75) is 83.6 Å². The highest BCUT2D eigenvalue weighted by molar-refractivity contribution is 5.71. The van der Waals surface area contributed by atoms with Crippen LogP contribution in [0.1, 0.15) is 81.6 Å². The maximum Gasteiger partial charge on any atom is 0.307 e. The lowest BCUT2D eigenvalue weighted by Gasteiger charge is -2.28. The maximum absolute atomic E-state index is 12.0. The number of carboxylic acid groups (broad SMARTS) is 1. The van der Waals surface area contributed by atoms with E-state index in [-0.39, 0.29) is 12.4 Å². The zero-order valence-corrected chi connectivity index (χ0v) is 16.8. The molecule has 0 saturated heterocycles. The lowest BCUT2D eigenvalue weighted by molar-refractivity contribution is -0.873. The van der Waals surface area contributed by atoms with E-state index in [4.69, 9.17) is 14.0 Å². The van der Waals surface area contributed by atoms with Gasteiger partial charge in [0.05, 0.1) is 27.6 Å². The van der Waals surface area contributed by atoms with Crippen LogP contribution in [0.25, 0.3) is 0 Å². The predicted octanol–water partition coefficient (Wildman–Crippen LogP) is 4.56. The molecular weight excluding hydrogens is 330 g/mol. The van der Waals surface area contributed by atoms with Gasteiger partial charge < -0.3 is 14.3 Å². The summed E-state index contributed by atoms with van der Waals surface area (Å²) in [5.41, 5.74) is 0. The lowest BCUT2D eigenvalue weighted by atomic mass is 10.1. The Bertz CT molecular complexity index is 499. The Morgan fingerprint density at radius 2 is 1.65 bits per heavy atom. The zero-order chi connectivity index (χ0) is 22.3. The van der Waals surface area contributed by atoms with Crippen LogP contribution in [0.15, 0.2) is 12.2 Å². The van der Waals surface area contributed by atoms with Gasteiger partial charge in [-0.25, -0.2) is 0 Å². The van der Waals surface area contributed by atoms with Crippen molar-refractivity contribution in [3.8, 4) is 0 Å². The molecule has 26 heavy (non-hydrogen) atoms. The first-order chi connectivity index (χ1) is 13.4. The molecule has 0 spiro atoms. The summed E-state index contributed by atoms with van der Waals surface area (Å²) in [6.07, 6.45) is 11.5. The molecule has 0 aromatic heterocycles. The third-order valence-electron chi connectivity index (χ3n) is 3.92. The predicted molar refractivity (Wildman–Crippen MR) is 106 cm³/mol.